The monoisotopic (exact) mass is 419 g/mol. The number of aromatic nitrogens is 2. The second-order valence-corrected chi connectivity index (χ2v) is 8.91. The summed E-state index contributed by atoms with van der Waals surface area (Å²) >= 11 is 0. The highest BCUT2D eigenvalue weighted by molar-refractivity contribution is 5.95. The maximum Gasteiger partial charge on any atom is 0.263 e. The Morgan fingerprint density at radius 2 is 1.97 bits per heavy atom. The van der Waals surface area contributed by atoms with Crippen LogP contribution in [0.4, 0.5) is 0 Å². The molecule has 0 saturated carbocycles. The Bertz CT molecular complexity index is 1160. The van der Waals surface area contributed by atoms with E-state index in [0.717, 1.165) is 49.8 Å². The van der Waals surface area contributed by atoms with Crippen LogP contribution in [0, 0.1) is 6.92 Å². The van der Waals surface area contributed by atoms with E-state index >= 15 is 0 Å². The summed E-state index contributed by atoms with van der Waals surface area (Å²) in [6.07, 6.45) is 8.45. The summed E-state index contributed by atoms with van der Waals surface area (Å²) in [4.78, 5) is 31.6. The number of carbonyl (C=O) groups is 1. The summed E-state index contributed by atoms with van der Waals surface area (Å²) in [6, 6.07) is 10.0. The van der Waals surface area contributed by atoms with Crippen LogP contribution in [0.3, 0.4) is 0 Å². The fraction of sp³-hybridized carbons (Fsp3) is 0.440. The third kappa shape index (κ3) is 3.69. The lowest BCUT2D eigenvalue weighted by Crippen LogP contribution is -2.47. The Labute approximate surface area is 181 Å². The molecule has 0 radical (unpaired) electrons. The fourth-order valence-electron chi connectivity index (χ4n) is 5.11. The molecule has 1 N–H and O–H groups in total. The number of ether oxygens (including phenoxy) is 1. The zero-order chi connectivity index (χ0) is 21.4. The van der Waals surface area contributed by atoms with E-state index in [2.05, 4.69) is 11.1 Å². The van der Waals surface area contributed by atoms with Crippen molar-refractivity contribution < 1.29 is 9.53 Å². The summed E-state index contributed by atoms with van der Waals surface area (Å²) < 4.78 is 7.65. The molecule has 6 heteroatoms. The molecule has 162 valence electrons. The second kappa shape index (κ2) is 8.00. The number of para-hydroxylation sites is 1. The van der Waals surface area contributed by atoms with Crippen molar-refractivity contribution in [2.45, 2.75) is 51.2 Å². The number of piperidine rings is 1. The van der Waals surface area contributed by atoms with Crippen LogP contribution < -0.4 is 5.56 Å². The molecule has 3 aromatic rings. The van der Waals surface area contributed by atoms with Crippen LogP contribution in [0.15, 0.2) is 47.5 Å². The van der Waals surface area contributed by atoms with E-state index in [1.807, 2.05) is 42.3 Å². The molecule has 0 unspecified atom stereocenters. The highest BCUT2D eigenvalue weighted by Gasteiger charge is 2.39. The van der Waals surface area contributed by atoms with Gasteiger partial charge in [0.05, 0.1) is 5.60 Å². The summed E-state index contributed by atoms with van der Waals surface area (Å²) in [5, 5.41) is 1.18. The van der Waals surface area contributed by atoms with Crippen molar-refractivity contribution in [3.8, 4) is 0 Å². The van der Waals surface area contributed by atoms with Crippen LogP contribution in [-0.4, -0.2) is 45.7 Å². The Hall–Kier alpha value is -2.86. The van der Waals surface area contributed by atoms with Crippen molar-refractivity contribution in [1.29, 1.82) is 0 Å². The van der Waals surface area contributed by atoms with Crippen LogP contribution in [0.1, 0.15) is 47.2 Å². The Balaban J connectivity index is 1.33. The van der Waals surface area contributed by atoms with Crippen molar-refractivity contribution >= 4 is 16.8 Å². The Morgan fingerprint density at radius 3 is 2.74 bits per heavy atom. The van der Waals surface area contributed by atoms with Crippen LogP contribution in [-0.2, 0) is 17.7 Å². The van der Waals surface area contributed by atoms with Gasteiger partial charge in [0, 0.05) is 49.5 Å². The molecule has 2 saturated heterocycles. The average Bonchev–Trinajstić information content (AvgIpc) is 3.41. The van der Waals surface area contributed by atoms with Crippen molar-refractivity contribution in [3.05, 3.63) is 69.8 Å². The first-order chi connectivity index (χ1) is 15.1. The number of carbonyl (C=O) groups excluding carboxylic acids is 1. The molecule has 2 aromatic heterocycles. The number of pyridine rings is 1. The molecular formula is C25H29N3O3. The lowest BCUT2D eigenvalue weighted by atomic mass is 9.88. The van der Waals surface area contributed by atoms with Gasteiger partial charge in [0.15, 0.2) is 0 Å². The number of nitrogens with one attached hydrogen (secondary N) is 1. The number of likely N-dealkylation sites (tertiary alicyclic amines) is 1. The molecule has 2 aliphatic heterocycles. The molecule has 0 aliphatic carbocycles. The molecule has 31 heavy (non-hydrogen) atoms. The van der Waals surface area contributed by atoms with E-state index in [9.17, 15) is 9.59 Å². The van der Waals surface area contributed by atoms with E-state index in [1.165, 1.54) is 10.9 Å². The van der Waals surface area contributed by atoms with Crippen molar-refractivity contribution in [1.82, 2.24) is 14.5 Å². The van der Waals surface area contributed by atoms with Crippen molar-refractivity contribution in [2.75, 3.05) is 19.7 Å². The summed E-state index contributed by atoms with van der Waals surface area (Å²) in [7, 11) is 0. The zero-order valence-electron chi connectivity index (χ0n) is 18.0. The number of H-pyrrole nitrogens is 1. The van der Waals surface area contributed by atoms with Gasteiger partial charge < -0.3 is 19.2 Å². The lowest BCUT2D eigenvalue weighted by molar-refractivity contribution is -0.0387. The topological polar surface area (TPSA) is 67.3 Å². The normalized spacial score (nSPS) is 18.2. The van der Waals surface area contributed by atoms with Gasteiger partial charge in [-0.1, -0.05) is 18.2 Å². The molecular weight excluding hydrogens is 390 g/mol. The number of rotatable bonds is 4. The van der Waals surface area contributed by atoms with Gasteiger partial charge in [-0.15, -0.1) is 0 Å². The molecule has 6 nitrogen and oxygen atoms in total. The largest absolute Gasteiger partial charge is 0.375 e. The van der Waals surface area contributed by atoms with Gasteiger partial charge >= 0.3 is 0 Å². The van der Waals surface area contributed by atoms with Crippen LogP contribution in [0.5, 0.6) is 0 Å². The molecule has 0 bridgehead atoms. The summed E-state index contributed by atoms with van der Waals surface area (Å²) in [5.74, 6) is -0.142. The second-order valence-electron chi connectivity index (χ2n) is 8.91. The van der Waals surface area contributed by atoms with Crippen LogP contribution in [0.2, 0.25) is 0 Å². The van der Waals surface area contributed by atoms with E-state index in [1.54, 1.807) is 10.8 Å². The SMILES string of the molecule is Cc1ccn(CCc2c[nH]c3ccccc23)c(=O)c1C(=O)N1CCC2(CCCO2)CC1. The van der Waals surface area contributed by atoms with Gasteiger partial charge in [-0.05, 0) is 62.3 Å². The molecule has 5 rings (SSSR count). The molecule has 1 aromatic carbocycles. The highest BCUT2D eigenvalue weighted by atomic mass is 16.5. The average molecular weight is 420 g/mol. The number of hydrogen-bond acceptors (Lipinski definition) is 3. The summed E-state index contributed by atoms with van der Waals surface area (Å²) in [5.41, 5.74) is 3.09. The third-order valence-electron chi connectivity index (χ3n) is 7.03. The minimum absolute atomic E-state index is 0.0396. The van der Waals surface area contributed by atoms with Gasteiger partial charge in [-0.3, -0.25) is 9.59 Å². The molecule has 1 spiro atoms. The maximum atomic E-state index is 13.3. The third-order valence-corrected chi connectivity index (χ3v) is 7.03. The van der Waals surface area contributed by atoms with Gasteiger partial charge in [0.2, 0.25) is 0 Å². The Kier molecular flexibility index (Phi) is 5.18. The minimum atomic E-state index is -0.192. The highest BCUT2D eigenvalue weighted by Crippen LogP contribution is 2.35. The Morgan fingerprint density at radius 1 is 1.16 bits per heavy atom. The van der Waals surface area contributed by atoms with E-state index in [4.69, 9.17) is 4.74 Å². The van der Waals surface area contributed by atoms with Gasteiger partial charge in [0.25, 0.3) is 11.5 Å². The lowest BCUT2D eigenvalue weighted by Gasteiger charge is -2.38. The predicted octanol–water partition coefficient (Wildman–Crippen LogP) is 3.67. The van der Waals surface area contributed by atoms with E-state index in [-0.39, 0.29) is 17.1 Å². The molecule has 1 amide bonds. The van der Waals surface area contributed by atoms with E-state index in [0.29, 0.717) is 25.2 Å². The summed E-state index contributed by atoms with van der Waals surface area (Å²) in [6.45, 7) is 4.53. The van der Waals surface area contributed by atoms with E-state index < -0.39 is 0 Å². The quantitative estimate of drug-likeness (QED) is 0.702. The van der Waals surface area contributed by atoms with Gasteiger partial charge in [-0.2, -0.15) is 0 Å². The van der Waals surface area contributed by atoms with Crippen LogP contribution in [0.25, 0.3) is 10.9 Å². The number of aromatic amines is 1. The van der Waals surface area contributed by atoms with Crippen molar-refractivity contribution in [3.63, 3.8) is 0 Å². The molecule has 4 heterocycles. The number of amides is 1. The number of aryl methyl sites for hydroxylation is 3. The van der Waals surface area contributed by atoms with Gasteiger partial charge in [-0.25, -0.2) is 0 Å². The smallest absolute Gasteiger partial charge is 0.263 e. The minimum Gasteiger partial charge on any atom is -0.375 e. The fourth-order valence-corrected chi connectivity index (χ4v) is 5.11. The number of hydrogen-bond donors (Lipinski definition) is 1. The number of fused-ring (bicyclic) bond motifs is 1. The van der Waals surface area contributed by atoms with Crippen molar-refractivity contribution in [2.24, 2.45) is 0 Å². The first kappa shape index (κ1) is 20.1. The number of benzene rings is 1. The molecule has 2 aliphatic rings. The zero-order valence-corrected chi connectivity index (χ0v) is 18.0. The van der Waals surface area contributed by atoms with Gasteiger partial charge in [0.1, 0.15) is 5.56 Å². The maximum absolute atomic E-state index is 13.3. The first-order valence-corrected chi connectivity index (χ1v) is 11.2. The molecule has 2 fully saturated rings. The molecule has 0 atom stereocenters. The van der Waals surface area contributed by atoms with Crippen LogP contribution >= 0.6 is 0 Å². The predicted molar refractivity (Wildman–Crippen MR) is 120 cm³/mol. The number of nitrogens with zero attached hydrogens (tertiary/aromatic N) is 2. The first-order valence-electron chi connectivity index (χ1n) is 11.2. The standard InChI is InChI=1S/C25H29N3O3/c1-18-7-12-27(13-8-19-17-26-21-6-3-2-5-20(19)21)23(29)22(18)24(30)28-14-10-25(11-15-28)9-4-16-31-25/h2-3,5-7,12,17,26H,4,8-11,13-16H2,1H3.